The van der Waals surface area contributed by atoms with Crippen LogP contribution in [0.25, 0.3) is 0 Å². The smallest absolute Gasteiger partial charge is 0.178 e. The molecule has 1 aromatic heterocycles. The SMILES string of the molecule is CC(=O)c1cc(Cl)cc(C(C)=O)n1. The molecule has 0 unspecified atom stereocenters. The number of hydrogen-bond acceptors (Lipinski definition) is 3. The maximum atomic E-state index is 10.9. The number of halogens is 1. The van der Waals surface area contributed by atoms with Gasteiger partial charge in [-0.15, -0.1) is 0 Å². The number of carbonyl (C=O) groups is 2. The van der Waals surface area contributed by atoms with Crippen molar-refractivity contribution in [3.8, 4) is 0 Å². The number of rotatable bonds is 2. The predicted octanol–water partition coefficient (Wildman–Crippen LogP) is 2.14. The highest BCUT2D eigenvalue weighted by Crippen LogP contribution is 2.12. The van der Waals surface area contributed by atoms with Crippen molar-refractivity contribution in [2.45, 2.75) is 13.8 Å². The van der Waals surface area contributed by atoms with Gasteiger partial charge in [-0.2, -0.15) is 0 Å². The van der Waals surface area contributed by atoms with Gasteiger partial charge in [0.15, 0.2) is 11.6 Å². The highest BCUT2D eigenvalue weighted by molar-refractivity contribution is 6.31. The summed E-state index contributed by atoms with van der Waals surface area (Å²) in [4.78, 5) is 25.7. The van der Waals surface area contributed by atoms with Crippen LogP contribution in [-0.4, -0.2) is 16.6 Å². The fraction of sp³-hybridized carbons (Fsp3) is 0.222. The van der Waals surface area contributed by atoms with Crippen LogP contribution in [0.4, 0.5) is 0 Å². The zero-order valence-corrected chi connectivity index (χ0v) is 8.05. The Morgan fingerprint density at radius 2 is 1.54 bits per heavy atom. The summed E-state index contributed by atoms with van der Waals surface area (Å²) in [6.45, 7) is 2.76. The number of hydrogen-bond donors (Lipinski definition) is 0. The third-order valence-electron chi connectivity index (χ3n) is 1.51. The third kappa shape index (κ3) is 2.36. The average Bonchev–Trinajstić information content (AvgIpc) is 2.03. The zero-order chi connectivity index (χ0) is 10.0. The van der Waals surface area contributed by atoms with Gasteiger partial charge in [-0.25, -0.2) is 4.98 Å². The van der Waals surface area contributed by atoms with Crippen molar-refractivity contribution < 1.29 is 9.59 Å². The third-order valence-corrected chi connectivity index (χ3v) is 1.73. The molecule has 0 amide bonds. The van der Waals surface area contributed by atoms with Gasteiger partial charge in [-0.05, 0) is 12.1 Å². The quantitative estimate of drug-likeness (QED) is 0.683. The van der Waals surface area contributed by atoms with Gasteiger partial charge >= 0.3 is 0 Å². The fourth-order valence-electron chi connectivity index (χ4n) is 0.858. The molecule has 0 saturated heterocycles. The van der Waals surface area contributed by atoms with E-state index in [1.807, 2.05) is 0 Å². The Labute approximate surface area is 80.7 Å². The molecule has 0 aliphatic rings. The lowest BCUT2D eigenvalue weighted by Gasteiger charge is -1.99. The molecule has 0 aromatic carbocycles. The van der Waals surface area contributed by atoms with Gasteiger partial charge in [-0.1, -0.05) is 11.6 Å². The normalized spacial score (nSPS) is 9.77. The Morgan fingerprint density at radius 3 is 1.85 bits per heavy atom. The summed E-state index contributed by atoms with van der Waals surface area (Å²) in [7, 11) is 0. The second-order valence-electron chi connectivity index (χ2n) is 2.67. The minimum atomic E-state index is -0.204. The molecule has 0 aliphatic heterocycles. The van der Waals surface area contributed by atoms with E-state index in [4.69, 9.17) is 11.6 Å². The van der Waals surface area contributed by atoms with Gasteiger partial charge in [0.2, 0.25) is 0 Å². The summed E-state index contributed by atoms with van der Waals surface area (Å²) in [6.07, 6.45) is 0. The van der Waals surface area contributed by atoms with Crippen LogP contribution in [0, 0.1) is 0 Å². The van der Waals surface area contributed by atoms with E-state index in [-0.39, 0.29) is 23.0 Å². The molecule has 0 N–H and O–H groups in total. The summed E-state index contributed by atoms with van der Waals surface area (Å²) in [5.41, 5.74) is 0.440. The summed E-state index contributed by atoms with van der Waals surface area (Å²) >= 11 is 5.69. The van der Waals surface area contributed by atoms with Crippen LogP contribution in [0.3, 0.4) is 0 Å². The number of aromatic nitrogens is 1. The number of carbonyl (C=O) groups excluding carboxylic acids is 2. The molecule has 3 nitrogen and oxygen atoms in total. The Morgan fingerprint density at radius 1 is 1.15 bits per heavy atom. The molecule has 13 heavy (non-hydrogen) atoms. The number of pyridine rings is 1. The van der Waals surface area contributed by atoms with Gasteiger partial charge in [0.05, 0.1) is 0 Å². The summed E-state index contributed by atoms with van der Waals surface area (Å²) < 4.78 is 0. The van der Waals surface area contributed by atoms with Crippen molar-refractivity contribution in [3.05, 3.63) is 28.5 Å². The molecule has 0 radical (unpaired) electrons. The van der Waals surface area contributed by atoms with Crippen LogP contribution in [0.5, 0.6) is 0 Å². The first-order valence-electron chi connectivity index (χ1n) is 3.70. The highest BCUT2D eigenvalue weighted by Gasteiger charge is 2.08. The average molecular weight is 198 g/mol. The molecule has 0 spiro atoms. The first-order chi connectivity index (χ1) is 6.00. The fourth-order valence-corrected chi connectivity index (χ4v) is 1.06. The van der Waals surface area contributed by atoms with Crippen molar-refractivity contribution in [1.29, 1.82) is 0 Å². The minimum Gasteiger partial charge on any atom is -0.293 e. The standard InChI is InChI=1S/C9H8ClNO2/c1-5(12)8-3-7(10)4-9(11-8)6(2)13/h3-4H,1-2H3. The number of Topliss-reactive ketones (excluding diaryl/α,β-unsaturated/α-hetero) is 2. The van der Waals surface area contributed by atoms with E-state index in [1.54, 1.807) is 0 Å². The first-order valence-corrected chi connectivity index (χ1v) is 4.08. The maximum Gasteiger partial charge on any atom is 0.178 e. The lowest BCUT2D eigenvalue weighted by atomic mass is 10.2. The van der Waals surface area contributed by atoms with Crippen LogP contribution in [0.1, 0.15) is 34.8 Å². The monoisotopic (exact) mass is 197 g/mol. The largest absolute Gasteiger partial charge is 0.293 e. The molecule has 0 fully saturated rings. The zero-order valence-electron chi connectivity index (χ0n) is 7.30. The van der Waals surface area contributed by atoms with Crippen LogP contribution in [0.15, 0.2) is 12.1 Å². The molecule has 0 bridgehead atoms. The molecule has 0 aliphatic carbocycles. The first kappa shape index (κ1) is 9.86. The van der Waals surface area contributed by atoms with Gasteiger partial charge < -0.3 is 0 Å². The highest BCUT2D eigenvalue weighted by atomic mass is 35.5. The number of ketones is 2. The molecule has 68 valence electrons. The van der Waals surface area contributed by atoms with Crippen molar-refractivity contribution in [2.24, 2.45) is 0 Å². The van der Waals surface area contributed by atoms with E-state index in [2.05, 4.69) is 4.98 Å². The van der Waals surface area contributed by atoms with Gasteiger partial charge in [0, 0.05) is 18.9 Å². The second kappa shape index (κ2) is 3.66. The summed E-state index contributed by atoms with van der Waals surface area (Å²) in [5, 5.41) is 0.352. The predicted molar refractivity (Wildman–Crippen MR) is 49.3 cm³/mol. The van der Waals surface area contributed by atoms with Gasteiger partial charge in [-0.3, -0.25) is 9.59 Å². The number of nitrogens with zero attached hydrogens (tertiary/aromatic N) is 1. The van der Waals surface area contributed by atoms with Crippen LogP contribution >= 0.6 is 11.6 Å². The van der Waals surface area contributed by atoms with Crippen LogP contribution in [-0.2, 0) is 0 Å². The molecular weight excluding hydrogens is 190 g/mol. The molecule has 0 saturated carbocycles. The van der Waals surface area contributed by atoms with Crippen molar-refractivity contribution in [2.75, 3.05) is 0 Å². The summed E-state index contributed by atoms with van der Waals surface area (Å²) in [6, 6.07) is 2.88. The van der Waals surface area contributed by atoms with Crippen molar-refractivity contribution >= 4 is 23.2 Å². The van der Waals surface area contributed by atoms with Gasteiger partial charge in [0.1, 0.15) is 11.4 Å². The molecule has 4 heteroatoms. The molecule has 1 rings (SSSR count). The van der Waals surface area contributed by atoms with Crippen molar-refractivity contribution in [3.63, 3.8) is 0 Å². The minimum absolute atomic E-state index is 0.204. The Bertz CT molecular complexity index is 342. The molecular formula is C9H8ClNO2. The Kier molecular flexibility index (Phi) is 2.78. The van der Waals surface area contributed by atoms with Gasteiger partial charge in [0.25, 0.3) is 0 Å². The second-order valence-corrected chi connectivity index (χ2v) is 3.10. The molecule has 1 heterocycles. The van der Waals surface area contributed by atoms with E-state index >= 15 is 0 Å². The van der Waals surface area contributed by atoms with E-state index < -0.39 is 0 Å². The lowest BCUT2D eigenvalue weighted by Crippen LogP contribution is -2.03. The Balaban J connectivity index is 3.26. The summed E-state index contributed by atoms with van der Waals surface area (Å²) in [5.74, 6) is -0.407. The van der Waals surface area contributed by atoms with Crippen LogP contribution in [0.2, 0.25) is 5.02 Å². The molecule has 1 aromatic rings. The maximum absolute atomic E-state index is 10.9. The molecule has 0 atom stereocenters. The van der Waals surface area contributed by atoms with E-state index in [9.17, 15) is 9.59 Å². The van der Waals surface area contributed by atoms with E-state index in [0.29, 0.717) is 5.02 Å². The van der Waals surface area contributed by atoms with Crippen LogP contribution < -0.4 is 0 Å². The van der Waals surface area contributed by atoms with Crippen molar-refractivity contribution in [1.82, 2.24) is 4.98 Å². The Hall–Kier alpha value is -1.22. The topological polar surface area (TPSA) is 47.0 Å². The lowest BCUT2D eigenvalue weighted by molar-refractivity contribution is 0.101. The van der Waals surface area contributed by atoms with E-state index in [1.165, 1.54) is 26.0 Å². The van der Waals surface area contributed by atoms with E-state index in [0.717, 1.165) is 0 Å².